The number of aliphatic hydroxyl groups excluding tert-OH is 19. The largest absolute Gasteiger partial charge is 0.474 e. The number of aliphatic hydroxyl groups is 19. The van der Waals surface area contributed by atoms with Crippen LogP contribution in [0.2, 0.25) is 0 Å². The Morgan fingerprint density at radius 2 is 0.956 bits per heavy atom. The quantitative estimate of drug-likeness (QED) is 0.0358. The molecule has 7 fully saturated rings. The standard InChI is InChI=1S/C48H82N3O38P/c1-11-36(83-48-35(72)31(68)39(87-48)19(8-55)82-47-34(71)30(67)38(85-47)16(60)9-76-45-32(69)29(66)37(84-45)15(59)5-52)28(65)33(70)46(78-11)88-41-23(51-14(4)58)44(81-18(7-54)25(41)62)89-90(74,75)77-10-20-40(27(64)21(42(73)79-20)49-12(2)56)86-43-22(50-13(3)57)26(63)24(61)17(6-53)80-43/h11,15-48,52-55,59-73H,5-10H2,1-4H3,(H,49,56)(H,50,57)(H,51,58)(H,74,75)/t11-,15+,16+,17+,18+,19+,20+,21+,22+,23+,24+,25+,26+,27+,28-,29+,30+,31+,32+,33+,34+,35+,36-,37-,38-,39-,40+,41+,42?,43-,44-,45+,46-,47+,48+/m0/s1. The smallest absolute Gasteiger partial charge is 0.394 e. The molecular weight excluding hydrogens is 1260 g/mol. The average molecular weight is 1340 g/mol. The Morgan fingerprint density at radius 1 is 0.467 bits per heavy atom. The summed E-state index contributed by atoms with van der Waals surface area (Å²) >= 11 is 0. The monoisotopic (exact) mass is 1340 g/mol. The number of rotatable bonds is 26. The van der Waals surface area contributed by atoms with Crippen LogP contribution < -0.4 is 16.0 Å². The van der Waals surface area contributed by atoms with Crippen LogP contribution in [-0.2, 0) is 84.8 Å². The van der Waals surface area contributed by atoms with Gasteiger partial charge in [-0.25, -0.2) is 4.57 Å². The third-order valence-corrected chi connectivity index (χ3v) is 16.8. The molecule has 7 heterocycles. The summed E-state index contributed by atoms with van der Waals surface area (Å²) in [7, 11) is -5.69. The highest BCUT2D eigenvalue weighted by atomic mass is 31.2. The predicted octanol–water partition coefficient (Wildman–Crippen LogP) is -14.7. The summed E-state index contributed by atoms with van der Waals surface area (Å²) in [5, 5.41) is 209. The normalized spacial score (nSPS) is 46.6. The fourth-order valence-electron chi connectivity index (χ4n) is 11.1. The molecule has 3 amide bonds. The first kappa shape index (κ1) is 74.7. The first-order chi connectivity index (χ1) is 42.3. The van der Waals surface area contributed by atoms with E-state index in [4.69, 9.17) is 65.9 Å². The molecule has 2 unspecified atom stereocenters. The van der Waals surface area contributed by atoms with Crippen molar-refractivity contribution in [2.75, 3.05) is 39.6 Å². The molecule has 522 valence electrons. The molecule has 0 aromatic rings. The lowest BCUT2D eigenvalue weighted by molar-refractivity contribution is -0.351. The molecule has 0 radical (unpaired) electrons. The molecule has 41 nitrogen and oxygen atoms in total. The van der Waals surface area contributed by atoms with Crippen LogP contribution >= 0.6 is 7.82 Å². The molecular formula is C48H82N3O38P. The van der Waals surface area contributed by atoms with Crippen molar-refractivity contribution in [3.8, 4) is 0 Å². The maximum Gasteiger partial charge on any atom is 0.474 e. The lowest BCUT2D eigenvalue weighted by Crippen LogP contribution is -2.69. The molecule has 0 spiro atoms. The fourth-order valence-corrected chi connectivity index (χ4v) is 12.0. The van der Waals surface area contributed by atoms with Gasteiger partial charge in [-0.05, 0) is 6.92 Å². The Bertz CT molecular complexity index is 2370. The molecule has 42 heteroatoms. The Labute approximate surface area is 509 Å². The van der Waals surface area contributed by atoms with Crippen molar-refractivity contribution in [3.63, 3.8) is 0 Å². The van der Waals surface area contributed by atoms with Crippen molar-refractivity contribution < 1.29 is 187 Å². The number of nitrogens with one attached hydrogen (secondary N) is 3. The number of hydrogen-bond acceptors (Lipinski definition) is 37. The molecule has 0 saturated carbocycles. The molecule has 7 aliphatic rings. The van der Waals surface area contributed by atoms with Crippen LogP contribution in [0.5, 0.6) is 0 Å². The van der Waals surface area contributed by atoms with Gasteiger partial charge in [-0.1, -0.05) is 0 Å². The van der Waals surface area contributed by atoms with Crippen LogP contribution in [0.1, 0.15) is 27.7 Å². The van der Waals surface area contributed by atoms with Gasteiger partial charge in [-0.15, -0.1) is 0 Å². The third-order valence-electron chi connectivity index (χ3n) is 15.8. The van der Waals surface area contributed by atoms with Crippen LogP contribution in [0.3, 0.4) is 0 Å². The summed E-state index contributed by atoms with van der Waals surface area (Å²) in [5.41, 5.74) is 0. The number of carbonyl (C=O) groups is 3. The zero-order chi connectivity index (χ0) is 66.7. The van der Waals surface area contributed by atoms with E-state index in [0.717, 1.165) is 20.8 Å². The fraction of sp³-hybridized carbons (Fsp3) is 0.938. The van der Waals surface area contributed by atoms with Crippen molar-refractivity contribution in [1.29, 1.82) is 0 Å². The first-order valence-electron chi connectivity index (χ1n) is 28.2. The summed E-state index contributed by atoms with van der Waals surface area (Å²) in [6.07, 6.45) is -60.0. The molecule has 0 aromatic carbocycles. The minimum Gasteiger partial charge on any atom is -0.394 e. The number of hydrogen-bond donors (Lipinski definition) is 23. The van der Waals surface area contributed by atoms with Gasteiger partial charge in [-0.2, -0.15) is 0 Å². The molecule has 23 N–H and O–H groups in total. The first-order valence-corrected chi connectivity index (χ1v) is 29.7. The van der Waals surface area contributed by atoms with Gasteiger partial charge >= 0.3 is 7.82 Å². The average Bonchev–Trinajstić information content (AvgIpc) is 0.922. The summed E-state index contributed by atoms with van der Waals surface area (Å²) in [6.45, 7) is -1.74. The Morgan fingerprint density at radius 3 is 1.56 bits per heavy atom. The molecule has 0 bridgehead atoms. The molecule has 7 rings (SSSR count). The van der Waals surface area contributed by atoms with E-state index >= 15 is 0 Å². The van der Waals surface area contributed by atoms with Crippen LogP contribution in [0.25, 0.3) is 0 Å². The highest BCUT2D eigenvalue weighted by Crippen LogP contribution is 2.48. The lowest BCUT2D eigenvalue weighted by Gasteiger charge is -2.48. The second-order valence-corrected chi connectivity index (χ2v) is 23.8. The van der Waals surface area contributed by atoms with Gasteiger partial charge in [0.1, 0.15) is 165 Å². The van der Waals surface area contributed by atoms with Crippen LogP contribution in [-0.4, -0.2) is 374 Å². The van der Waals surface area contributed by atoms with Crippen molar-refractivity contribution >= 4 is 25.5 Å². The van der Waals surface area contributed by atoms with E-state index in [0.29, 0.717) is 0 Å². The minimum atomic E-state index is -5.69. The van der Waals surface area contributed by atoms with E-state index in [-0.39, 0.29) is 0 Å². The topological polar surface area (TPSA) is 638 Å². The van der Waals surface area contributed by atoms with Gasteiger partial charge in [0, 0.05) is 20.8 Å². The van der Waals surface area contributed by atoms with E-state index in [1.165, 1.54) is 6.92 Å². The maximum atomic E-state index is 13.9. The van der Waals surface area contributed by atoms with Gasteiger partial charge < -0.3 is 175 Å². The maximum absolute atomic E-state index is 13.9. The van der Waals surface area contributed by atoms with Crippen LogP contribution in [0, 0.1) is 0 Å². The van der Waals surface area contributed by atoms with Gasteiger partial charge in [0.15, 0.2) is 44.0 Å². The zero-order valence-corrected chi connectivity index (χ0v) is 49.1. The SMILES string of the molecule is CC(=O)N[C@H]1[C@H](O[C@H]2[C@H](O)[C@@H](NC(C)=O)C(O)O[C@@H]2COP(=O)(O)O[C@@H]2O[C@H](CO)[C@@H](O)[C@H](O[C@@H]3O[C@@H](C)[C@H](O[C@@H]4O[C@@H]([C@@H](CO)O[C@@H]5O[C@@H]([C@H](O)CO[C@@H]6O[C@@H]([C@H](O)CO)[C@H](O)[C@H]6O)[C@H](O)[C@H]5O)[C@H](O)[C@H]4O)[C@@H](O)[C@H]3O)[C@H]2NC(C)=O)O[C@H](CO)[C@@H](O)[C@@H]1O. The Hall–Kier alpha value is -2.72. The minimum absolute atomic E-state index is 0.791. The Balaban J connectivity index is 0.987. The van der Waals surface area contributed by atoms with Crippen molar-refractivity contribution in [2.45, 2.75) is 242 Å². The second kappa shape index (κ2) is 31.9. The summed E-state index contributed by atoms with van der Waals surface area (Å²) in [5.74, 6) is -2.55. The molecule has 0 aliphatic carbocycles. The predicted molar refractivity (Wildman–Crippen MR) is 276 cm³/mol. The number of phosphoric acid groups is 1. The second-order valence-electron chi connectivity index (χ2n) is 22.4. The molecule has 0 aromatic heterocycles. The molecule has 7 aliphatic heterocycles. The summed E-state index contributed by atoms with van der Waals surface area (Å²) in [4.78, 5) is 48.1. The molecule has 36 atom stereocenters. The highest BCUT2D eigenvalue weighted by Gasteiger charge is 2.58. The number of carbonyl (C=O) groups excluding carboxylic acids is 3. The van der Waals surface area contributed by atoms with E-state index in [2.05, 4.69) is 16.0 Å². The van der Waals surface area contributed by atoms with E-state index in [1.54, 1.807) is 0 Å². The number of ether oxygens (including phenoxy) is 12. The highest BCUT2D eigenvalue weighted by molar-refractivity contribution is 7.47. The molecule has 90 heavy (non-hydrogen) atoms. The zero-order valence-electron chi connectivity index (χ0n) is 48.2. The lowest BCUT2D eigenvalue weighted by atomic mass is 9.94. The van der Waals surface area contributed by atoms with E-state index in [9.17, 15) is 121 Å². The van der Waals surface area contributed by atoms with Crippen molar-refractivity contribution in [3.05, 3.63) is 0 Å². The van der Waals surface area contributed by atoms with Gasteiger partial charge in [0.05, 0.1) is 45.7 Å². The van der Waals surface area contributed by atoms with Crippen molar-refractivity contribution in [2.24, 2.45) is 0 Å². The van der Waals surface area contributed by atoms with Gasteiger partial charge in [0.2, 0.25) is 17.7 Å². The van der Waals surface area contributed by atoms with Gasteiger partial charge in [-0.3, -0.25) is 23.4 Å². The third kappa shape index (κ3) is 16.9. The van der Waals surface area contributed by atoms with Crippen LogP contribution in [0.15, 0.2) is 0 Å². The Kier molecular flexibility index (Phi) is 26.5. The van der Waals surface area contributed by atoms with Crippen LogP contribution in [0.4, 0.5) is 0 Å². The van der Waals surface area contributed by atoms with Gasteiger partial charge in [0.25, 0.3) is 0 Å². The molecule has 7 saturated heterocycles. The summed E-state index contributed by atoms with van der Waals surface area (Å²) in [6, 6.07) is -5.29. The van der Waals surface area contributed by atoms with E-state index < -0.39 is 280 Å². The number of amides is 3. The number of phosphoric ester groups is 1. The summed E-state index contributed by atoms with van der Waals surface area (Å²) < 4.78 is 91.7. The van der Waals surface area contributed by atoms with E-state index in [1.807, 2.05) is 0 Å². The van der Waals surface area contributed by atoms with Crippen molar-refractivity contribution in [1.82, 2.24) is 16.0 Å².